The van der Waals surface area contributed by atoms with Crippen molar-refractivity contribution in [3.63, 3.8) is 0 Å². The largest absolute Gasteiger partial charge is 0.479 e. The van der Waals surface area contributed by atoms with E-state index in [-0.39, 0.29) is 18.5 Å². The molecule has 1 aliphatic heterocycles. The van der Waals surface area contributed by atoms with E-state index in [0.29, 0.717) is 17.8 Å². The fourth-order valence-electron chi connectivity index (χ4n) is 3.56. The number of benzene rings is 1. The van der Waals surface area contributed by atoms with Crippen molar-refractivity contribution in [2.24, 2.45) is 4.99 Å². The molecule has 7 nitrogen and oxygen atoms in total. The molecule has 2 aromatic heterocycles. The Morgan fingerprint density at radius 2 is 2.18 bits per heavy atom. The van der Waals surface area contributed by atoms with Gasteiger partial charge in [-0.2, -0.15) is 4.98 Å². The van der Waals surface area contributed by atoms with E-state index in [1.54, 1.807) is 10.7 Å². The number of hydrogen-bond acceptors (Lipinski definition) is 6. The number of alkyl halides is 2. The Morgan fingerprint density at radius 3 is 2.93 bits per heavy atom. The van der Waals surface area contributed by atoms with Gasteiger partial charge in [0.1, 0.15) is 5.52 Å². The number of fused-ring (bicyclic) bond motifs is 2. The number of hydrogen-bond donors (Lipinski definition) is 2. The van der Waals surface area contributed by atoms with Gasteiger partial charge in [-0.15, -0.1) is 5.10 Å². The molecule has 1 aliphatic rings. The highest BCUT2D eigenvalue weighted by atomic mass is 19.3. The van der Waals surface area contributed by atoms with E-state index >= 15 is 0 Å². The molecule has 9 heteroatoms. The summed E-state index contributed by atoms with van der Waals surface area (Å²) >= 11 is 0. The van der Waals surface area contributed by atoms with Crippen molar-refractivity contribution in [3.05, 3.63) is 36.0 Å². The van der Waals surface area contributed by atoms with Crippen LogP contribution in [0.3, 0.4) is 0 Å². The molecule has 0 aliphatic carbocycles. The Bertz CT molecular complexity index is 1060. The van der Waals surface area contributed by atoms with Gasteiger partial charge in [0.15, 0.2) is 0 Å². The Morgan fingerprint density at radius 1 is 1.36 bits per heavy atom. The molecule has 28 heavy (non-hydrogen) atoms. The van der Waals surface area contributed by atoms with Crippen molar-refractivity contribution >= 4 is 22.9 Å². The van der Waals surface area contributed by atoms with Crippen LogP contribution >= 0.6 is 0 Å². The molecule has 1 aromatic carbocycles. The maximum Gasteiger partial charge on any atom is 0.250 e. The molecule has 0 saturated heterocycles. The second kappa shape index (κ2) is 7.16. The number of anilines is 1. The first-order valence-electron chi connectivity index (χ1n) is 8.85. The van der Waals surface area contributed by atoms with Crippen LogP contribution in [0.5, 0.6) is 5.88 Å². The molecule has 3 N–H and O–H groups in total. The zero-order chi connectivity index (χ0) is 19.8. The first-order chi connectivity index (χ1) is 13.5. The molecule has 0 saturated carbocycles. The standard InChI is InChI=1S/C19H20F2N6O/c1-10-7-15(23-9-16(20)21)13-8-11(3-4-14(13)24-10)12-5-6-27-17(12)18(28-2)25-19(22)26-27/h3-6,8,15-16,23H,7,9H2,1-2H3,(H2,22,26). The van der Waals surface area contributed by atoms with Gasteiger partial charge in [0.25, 0.3) is 6.43 Å². The van der Waals surface area contributed by atoms with Crippen LogP contribution in [0.1, 0.15) is 24.9 Å². The summed E-state index contributed by atoms with van der Waals surface area (Å²) in [7, 11) is 1.52. The molecule has 1 unspecified atom stereocenters. The number of rotatable bonds is 5. The number of halogens is 2. The molecule has 0 fully saturated rings. The van der Waals surface area contributed by atoms with Crippen LogP contribution in [0.4, 0.5) is 20.4 Å². The molecule has 3 heterocycles. The molecule has 1 atom stereocenters. The van der Waals surface area contributed by atoms with Gasteiger partial charge in [-0.3, -0.25) is 4.99 Å². The van der Waals surface area contributed by atoms with Gasteiger partial charge in [0.2, 0.25) is 11.8 Å². The average molecular weight is 386 g/mol. The smallest absolute Gasteiger partial charge is 0.250 e. The minimum atomic E-state index is -2.41. The normalized spacial score (nSPS) is 16.3. The van der Waals surface area contributed by atoms with Gasteiger partial charge < -0.3 is 15.8 Å². The Hall–Kier alpha value is -3.07. The molecule has 0 amide bonds. The monoisotopic (exact) mass is 386 g/mol. The summed E-state index contributed by atoms with van der Waals surface area (Å²) in [6.07, 6.45) is -0.0459. The van der Waals surface area contributed by atoms with Gasteiger partial charge in [0.05, 0.1) is 19.3 Å². The van der Waals surface area contributed by atoms with Crippen LogP contribution in [0.2, 0.25) is 0 Å². The molecule has 3 aromatic rings. The van der Waals surface area contributed by atoms with Crippen LogP contribution in [-0.2, 0) is 0 Å². The summed E-state index contributed by atoms with van der Waals surface area (Å²) in [5.74, 6) is 0.476. The highest BCUT2D eigenvalue weighted by molar-refractivity contribution is 5.90. The molecule has 0 bridgehead atoms. The van der Waals surface area contributed by atoms with Gasteiger partial charge in [-0.05, 0) is 36.2 Å². The number of methoxy groups -OCH3 is 1. The van der Waals surface area contributed by atoms with Gasteiger partial charge in [-0.25, -0.2) is 13.3 Å². The Kier molecular flexibility index (Phi) is 4.68. The Balaban J connectivity index is 1.81. The maximum atomic E-state index is 12.7. The molecule has 0 radical (unpaired) electrons. The summed E-state index contributed by atoms with van der Waals surface area (Å²) in [5.41, 5.74) is 10.7. The second-order valence-electron chi connectivity index (χ2n) is 6.68. The van der Waals surface area contributed by atoms with E-state index in [2.05, 4.69) is 20.4 Å². The van der Waals surface area contributed by atoms with Crippen LogP contribution in [0.15, 0.2) is 35.5 Å². The van der Waals surface area contributed by atoms with Gasteiger partial charge in [0, 0.05) is 29.9 Å². The van der Waals surface area contributed by atoms with Crippen LogP contribution in [0.25, 0.3) is 16.6 Å². The topological polar surface area (TPSA) is 89.8 Å². The summed E-state index contributed by atoms with van der Waals surface area (Å²) in [6.45, 7) is 1.54. The quantitative estimate of drug-likeness (QED) is 0.702. The minimum absolute atomic E-state index is 0.109. The highest BCUT2D eigenvalue weighted by Gasteiger charge is 2.23. The zero-order valence-electron chi connectivity index (χ0n) is 15.5. The zero-order valence-corrected chi connectivity index (χ0v) is 15.5. The van der Waals surface area contributed by atoms with Crippen LogP contribution in [-0.4, -0.2) is 40.4 Å². The van der Waals surface area contributed by atoms with Crippen molar-refractivity contribution in [2.75, 3.05) is 19.4 Å². The first-order valence-corrected chi connectivity index (χ1v) is 8.85. The lowest BCUT2D eigenvalue weighted by Gasteiger charge is -2.25. The molecular weight excluding hydrogens is 366 g/mol. The highest BCUT2D eigenvalue weighted by Crippen LogP contribution is 2.38. The fourth-order valence-corrected chi connectivity index (χ4v) is 3.56. The summed E-state index contributed by atoms with van der Waals surface area (Å²) in [5, 5.41) is 7.12. The van der Waals surface area contributed by atoms with E-state index < -0.39 is 6.43 Å². The van der Waals surface area contributed by atoms with E-state index in [1.807, 2.05) is 31.2 Å². The third-order valence-electron chi connectivity index (χ3n) is 4.73. The van der Waals surface area contributed by atoms with Crippen molar-refractivity contribution in [1.82, 2.24) is 19.9 Å². The van der Waals surface area contributed by atoms with Crippen molar-refractivity contribution in [3.8, 4) is 17.0 Å². The predicted octanol–water partition coefficient (Wildman–Crippen LogP) is 3.38. The number of nitrogens with two attached hydrogens (primary N) is 1. The minimum Gasteiger partial charge on any atom is -0.479 e. The fraction of sp³-hybridized carbons (Fsp3) is 0.316. The second-order valence-corrected chi connectivity index (χ2v) is 6.68. The summed E-state index contributed by atoms with van der Waals surface area (Å²) in [4.78, 5) is 8.72. The number of nitrogen functional groups attached to an aromatic ring is 1. The van der Waals surface area contributed by atoms with Crippen molar-refractivity contribution in [2.45, 2.75) is 25.8 Å². The molecule has 4 rings (SSSR count). The molecule has 0 spiro atoms. The predicted molar refractivity (Wildman–Crippen MR) is 104 cm³/mol. The maximum absolute atomic E-state index is 12.7. The number of aliphatic imine (C=N–C) groups is 1. The van der Waals surface area contributed by atoms with Gasteiger partial charge in [-0.1, -0.05) is 6.07 Å². The third kappa shape index (κ3) is 3.29. The summed E-state index contributed by atoms with van der Waals surface area (Å²) < 4.78 is 32.4. The lowest BCUT2D eigenvalue weighted by Crippen LogP contribution is -2.29. The molecular formula is C19H20F2N6O. The van der Waals surface area contributed by atoms with Crippen LogP contribution in [0, 0.1) is 0 Å². The van der Waals surface area contributed by atoms with E-state index in [1.165, 1.54) is 7.11 Å². The van der Waals surface area contributed by atoms with Crippen molar-refractivity contribution in [1.29, 1.82) is 0 Å². The number of aromatic nitrogens is 3. The average Bonchev–Trinajstić information content (AvgIpc) is 3.08. The van der Waals surface area contributed by atoms with E-state index in [0.717, 1.165) is 28.1 Å². The third-order valence-corrected chi connectivity index (χ3v) is 4.73. The lowest BCUT2D eigenvalue weighted by atomic mass is 9.93. The Labute approximate surface area is 160 Å². The van der Waals surface area contributed by atoms with Crippen molar-refractivity contribution < 1.29 is 13.5 Å². The first kappa shape index (κ1) is 18.3. The van der Waals surface area contributed by atoms with E-state index in [9.17, 15) is 8.78 Å². The SMILES string of the molecule is COc1nc(N)nn2ccc(-c3ccc4c(c3)C(NCC(F)F)CC(C)=N4)c12. The van der Waals surface area contributed by atoms with Gasteiger partial charge >= 0.3 is 0 Å². The number of nitrogens with zero attached hydrogens (tertiary/aromatic N) is 4. The van der Waals surface area contributed by atoms with Crippen LogP contribution < -0.4 is 15.8 Å². The molecule has 146 valence electrons. The summed E-state index contributed by atoms with van der Waals surface area (Å²) in [6, 6.07) is 7.49. The number of nitrogens with one attached hydrogen (secondary N) is 1. The lowest BCUT2D eigenvalue weighted by molar-refractivity contribution is 0.141. The van der Waals surface area contributed by atoms with E-state index in [4.69, 9.17) is 10.5 Å². The number of ether oxygens (including phenoxy) is 1.